The number of anilines is 1. The molecule has 104 valence electrons. The largest absolute Gasteiger partial charge is 0.393 e. The lowest BCUT2D eigenvalue weighted by Crippen LogP contribution is -2.35. The van der Waals surface area contributed by atoms with Crippen LogP contribution >= 0.6 is 11.3 Å². The fourth-order valence-electron chi connectivity index (χ4n) is 2.24. The van der Waals surface area contributed by atoms with Gasteiger partial charge in [-0.2, -0.15) is 0 Å². The first-order valence-corrected chi connectivity index (χ1v) is 7.55. The SMILES string of the molecule is CC(C)(C)c1cn2nc(N3CCC(O)CC3)sc2n1. The van der Waals surface area contributed by atoms with Crippen molar-refractivity contribution in [3.05, 3.63) is 11.9 Å². The molecule has 19 heavy (non-hydrogen) atoms. The van der Waals surface area contributed by atoms with Gasteiger partial charge in [-0.15, -0.1) is 5.10 Å². The highest BCUT2D eigenvalue weighted by Crippen LogP contribution is 2.28. The van der Waals surface area contributed by atoms with Crippen LogP contribution in [-0.4, -0.2) is 38.9 Å². The zero-order valence-electron chi connectivity index (χ0n) is 11.6. The molecule has 0 atom stereocenters. The molecule has 1 N–H and O–H groups in total. The molecule has 5 nitrogen and oxygen atoms in total. The van der Waals surface area contributed by atoms with Gasteiger partial charge in [0.25, 0.3) is 0 Å². The van der Waals surface area contributed by atoms with E-state index in [1.807, 2.05) is 10.7 Å². The van der Waals surface area contributed by atoms with Gasteiger partial charge >= 0.3 is 0 Å². The zero-order valence-corrected chi connectivity index (χ0v) is 12.4. The number of imidazole rings is 1. The number of piperidine rings is 1. The summed E-state index contributed by atoms with van der Waals surface area (Å²) < 4.78 is 1.88. The monoisotopic (exact) mass is 280 g/mol. The highest BCUT2D eigenvalue weighted by atomic mass is 32.1. The summed E-state index contributed by atoms with van der Waals surface area (Å²) in [6.07, 6.45) is 3.53. The van der Waals surface area contributed by atoms with E-state index in [0.29, 0.717) is 0 Å². The van der Waals surface area contributed by atoms with Gasteiger partial charge < -0.3 is 10.0 Å². The van der Waals surface area contributed by atoms with Crippen LogP contribution in [0.4, 0.5) is 5.13 Å². The second-order valence-electron chi connectivity index (χ2n) is 6.21. The first kappa shape index (κ1) is 12.9. The van der Waals surface area contributed by atoms with Crippen molar-refractivity contribution < 1.29 is 5.11 Å². The van der Waals surface area contributed by atoms with E-state index >= 15 is 0 Å². The van der Waals surface area contributed by atoms with Crippen molar-refractivity contribution >= 4 is 21.4 Å². The van der Waals surface area contributed by atoms with Gasteiger partial charge in [0.15, 0.2) is 0 Å². The second-order valence-corrected chi connectivity index (χ2v) is 7.14. The fourth-order valence-corrected chi connectivity index (χ4v) is 3.17. The van der Waals surface area contributed by atoms with Gasteiger partial charge in [0.2, 0.25) is 10.1 Å². The molecule has 3 rings (SSSR count). The van der Waals surface area contributed by atoms with Crippen LogP contribution in [0.25, 0.3) is 4.96 Å². The van der Waals surface area contributed by atoms with Gasteiger partial charge in [-0.05, 0) is 12.8 Å². The van der Waals surface area contributed by atoms with Crippen LogP contribution in [0.2, 0.25) is 0 Å². The summed E-state index contributed by atoms with van der Waals surface area (Å²) in [4.78, 5) is 7.85. The average Bonchev–Trinajstić information content (AvgIpc) is 2.86. The Balaban J connectivity index is 1.85. The first-order valence-electron chi connectivity index (χ1n) is 6.73. The molecule has 0 aliphatic carbocycles. The van der Waals surface area contributed by atoms with E-state index in [0.717, 1.165) is 41.7 Å². The molecule has 1 fully saturated rings. The normalized spacial score (nSPS) is 18.4. The summed E-state index contributed by atoms with van der Waals surface area (Å²) in [5.74, 6) is 0. The molecule has 3 heterocycles. The maximum Gasteiger partial charge on any atom is 0.214 e. The van der Waals surface area contributed by atoms with Gasteiger partial charge in [0, 0.05) is 18.5 Å². The van der Waals surface area contributed by atoms with Crippen molar-refractivity contribution in [1.82, 2.24) is 14.6 Å². The third-order valence-corrected chi connectivity index (χ3v) is 4.52. The molecule has 6 heteroatoms. The molecule has 0 aromatic carbocycles. The maximum atomic E-state index is 9.54. The summed E-state index contributed by atoms with van der Waals surface area (Å²) in [7, 11) is 0. The van der Waals surface area contributed by atoms with Crippen molar-refractivity contribution in [3.8, 4) is 0 Å². The maximum absolute atomic E-state index is 9.54. The van der Waals surface area contributed by atoms with E-state index in [2.05, 4.69) is 35.8 Å². The molecule has 0 radical (unpaired) electrons. The average molecular weight is 280 g/mol. The van der Waals surface area contributed by atoms with Crippen LogP contribution in [0.5, 0.6) is 0 Å². The van der Waals surface area contributed by atoms with Crippen molar-refractivity contribution in [2.75, 3.05) is 18.0 Å². The molecule has 0 amide bonds. The number of hydrogen-bond donors (Lipinski definition) is 1. The van der Waals surface area contributed by atoms with E-state index in [-0.39, 0.29) is 11.5 Å². The molecular weight excluding hydrogens is 260 g/mol. The Hall–Kier alpha value is -1.14. The molecular formula is C13H20N4OS. The Bertz CT molecular complexity index is 543. The first-order chi connectivity index (χ1) is 8.93. The fraction of sp³-hybridized carbons (Fsp3) is 0.692. The van der Waals surface area contributed by atoms with Crippen LogP contribution in [0.3, 0.4) is 0 Å². The molecule has 0 unspecified atom stereocenters. The zero-order chi connectivity index (χ0) is 13.6. The minimum absolute atomic E-state index is 0.0584. The summed E-state index contributed by atoms with van der Waals surface area (Å²) >= 11 is 1.63. The van der Waals surface area contributed by atoms with E-state index in [4.69, 9.17) is 0 Å². The number of hydrogen-bond acceptors (Lipinski definition) is 5. The van der Waals surface area contributed by atoms with E-state index in [1.54, 1.807) is 11.3 Å². The van der Waals surface area contributed by atoms with Crippen LogP contribution in [0, 0.1) is 0 Å². The van der Waals surface area contributed by atoms with Crippen molar-refractivity contribution in [1.29, 1.82) is 0 Å². The topological polar surface area (TPSA) is 53.7 Å². The summed E-state index contributed by atoms with van der Waals surface area (Å²) in [6.45, 7) is 8.24. The summed E-state index contributed by atoms with van der Waals surface area (Å²) in [6, 6.07) is 0. The standard InChI is InChI=1S/C13H20N4OS/c1-13(2,3)10-8-17-11(14-10)19-12(15-17)16-6-4-9(18)5-7-16/h8-9,18H,4-7H2,1-3H3. The molecule has 1 aliphatic rings. The number of fused-ring (bicyclic) bond motifs is 1. The predicted octanol–water partition coefficient (Wildman–Crippen LogP) is 2.05. The van der Waals surface area contributed by atoms with Gasteiger partial charge in [0.1, 0.15) is 0 Å². The molecule has 0 bridgehead atoms. The smallest absolute Gasteiger partial charge is 0.214 e. The molecule has 2 aromatic rings. The third kappa shape index (κ3) is 2.47. The van der Waals surface area contributed by atoms with Crippen LogP contribution in [0.15, 0.2) is 6.20 Å². The third-order valence-electron chi connectivity index (χ3n) is 3.54. The van der Waals surface area contributed by atoms with E-state index in [9.17, 15) is 5.11 Å². The van der Waals surface area contributed by atoms with E-state index in [1.165, 1.54) is 0 Å². The number of aromatic nitrogens is 3. The van der Waals surface area contributed by atoms with Crippen LogP contribution < -0.4 is 4.90 Å². The number of rotatable bonds is 1. The quantitative estimate of drug-likeness (QED) is 0.868. The van der Waals surface area contributed by atoms with Gasteiger partial charge in [-0.25, -0.2) is 9.50 Å². The Morgan fingerprint density at radius 2 is 2.00 bits per heavy atom. The van der Waals surface area contributed by atoms with Crippen molar-refractivity contribution in [2.24, 2.45) is 0 Å². The predicted molar refractivity (Wildman–Crippen MR) is 77.0 cm³/mol. The molecule has 0 spiro atoms. The van der Waals surface area contributed by atoms with Gasteiger partial charge in [-0.1, -0.05) is 32.1 Å². The number of aliphatic hydroxyl groups excluding tert-OH is 1. The Labute approximate surface area is 116 Å². The molecule has 1 aliphatic heterocycles. The van der Waals surface area contributed by atoms with Crippen molar-refractivity contribution in [3.63, 3.8) is 0 Å². The molecule has 1 saturated heterocycles. The minimum Gasteiger partial charge on any atom is -0.393 e. The lowest BCUT2D eigenvalue weighted by molar-refractivity contribution is 0.145. The Morgan fingerprint density at radius 1 is 1.32 bits per heavy atom. The Kier molecular flexibility index (Phi) is 3.02. The summed E-state index contributed by atoms with van der Waals surface area (Å²) in [5, 5.41) is 15.2. The summed E-state index contributed by atoms with van der Waals surface area (Å²) in [5.41, 5.74) is 1.13. The lowest BCUT2D eigenvalue weighted by atomic mass is 9.93. The highest BCUT2D eigenvalue weighted by Gasteiger charge is 2.23. The molecule has 2 aromatic heterocycles. The minimum atomic E-state index is -0.146. The van der Waals surface area contributed by atoms with E-state index < -0.39 is 0 Å². The van der Waals surface area contributed by atoms with Gasteiger partial charge in [0.05, 0.1) is 18.0 Å². The highest BCUT2D eigenvalue weighted by molar-refractivity contribution is 7.20. The van der Waals surface area contributed by atoms with Gasteiger partial charge in [-0.3, -0.25) is 0 Å². The van der Waals surface area contributed by atoms with Crippen LogP contribution in [0.1, 0.15) is 39.3 Å². The number of nitrogens with zero attached hydrogens (tertiary/aromatic N) is 4. The second kappa shape index (κ2) is 4.45. The lowest BCUT2D eigenvalue weighted by Gasteiger charge is -2.28. The van der Waals surface area contributed by atoms with Crippen molar-refractivity contribution in [2.45, 2.75) is 45.1 Å². The molecule has 0 saturated carbocycles. The number of aliphatic hydroxyl groups is 1. The Morgan fingerprint density at radius 3 is 2.58 bits per heavy atom. The van der Waals surface area contributed by atoms with Crippen LogP contribution in [-0.2, 0) is 5.41 Å².